The second-order valence-corrected chi connectivity index (χ2v) is 12.9. The van der Waals surface area contributed by atoms with E-state index in [1.807, 2.05) is 11.9 Å². The van der Waals surface area contributed by atoms with Crippen LogP contribution in [0.15, 0.2) is 53.7 Å². The molecule has 0 radical (unpaired) electrons. The molecule has 11 heteroatoms. The Hall–Kier alpha value is -2.61. The van der Waals surface area contributed by atoms with Crippen molar-refractivity contribution >= 4 is 46.5 Å². The predicted molar refractivity (Wildman–Crippen MR) is 127 cm³/mol. The van der Waals surface area contributed by atoms with Gasteiger partial charge in [0.15, 0.2) is 5.65 Å². The highest BCUT2D eigenvalue weighted by Crippen LogP contribution is 2.36. The minimum Gasteiger partial charge on any atom is -0.370 e. The number of benzene rings is 1. The number of nitrogens with zero attached hydrogens (tertiary/aromatic N) is 4. The van der Waals surface area contributed by atoms with E-state index in [0.29, 0.717) is 29.5 Å². The lowest BCUT2D eigenvalue weighted by molar-refractivity contribution is 0.342. The Morgan fingerprint density at radius 2 is 1.79 bits per heavy atom. The average molecular weight is 507 g/mol. The molecule has 0 spiro atoms. The van der Waals surface area contributed by atoms with Crippen LogP contribution in [-0.2, 0) is 19.1 Å². The summed E-state index contributed by atoms with van der Waals surface area (Å²) >= 11 is 0. The molecule has 33 heavy (non-hydrogen) atoms. The summed E-state index contributed by atoms with van der Waals surface area (Å²) in [6, 6.07) is 12.0. The van der Waals surface area contributed by atoms with E-state index in [1.165, 1.54) is 24.5 Å². The van der Waals surface area contributed by atoms with Crippen molar-refractivity contribution < 1.29 is 16.8 Å². The van der Waals surface area contributed by atoms with Crippen LogP contribution in [0.4, 0.5) is 5.69 Å². The molecule has 0 aliphatic heterocycles. The van der Waals surface area contributed by atoms with Crippen LogP contribution in [0, 0.1) is 17.2 Å². The van der Waals surface area contributed by atoms with Gasteiger partial charge in [-0.15, -0.1) is 0 Å². The van der Waals surface area contributed by atoms with Crippen molar-refractivity contribution in [1.82, 2.24) is 8.96 Å². The van der Waals surface area contributed by atoms with Crippen molar-refractivity contribution in [3.05, 3.63) is 54.4 Å². The van der Waals surface area contributed by atoms with Crippen molar-refractivity contribution in [2.75, 3.05) is 17.7 Å². The van der Waals surface area contributed by atoms with Crippen LogP contribution in [0.3, 0.4) is 0 Å². The number of rotatable bonds is 6. The molecule has 0 N–H and O–H groups in total. The topological polar surface area (TPSA) is 113 Å². The number of hydrogen-bond donors (Lipinski definition) is 0. The van der Waals surface area contributed by atoms with Crippen LogP contribution < -0.4 is 4.90 Å². The van der Waals surface area contributed by atoms with Gasteiger partial charge in [0, 0.05) is 41.6 Å². The number of pyridine rings is 1. The fourth-order valence-corrected chi connectivity index (χ4v) is 7.33. The Bertz CT molecular complexity index is 1420. The van der Waals surface area contributed by atoms with Crippen molar-refractivity contribution in [3.8, 4) is 6.07 Å². The van der Waals surface area contributed by atoms with Gasteiger partial charge >= 0.3 is 0 Å². The average Bonchev–Trinajstić information content (AvgIpc) is 3.23. The molecule has 1 aromatic carbocycles. The first kappa shape index (κ1) is 23.5. The summed E-state index contributed by atoms with van der Waals surface area (Å²) in [6.45, 7) is 0. The van der Waals surface area contributed by atoms with Gasteiger partial charge in [-0.1, -0.05) is 18.2 Å². The summed E-state index contributed by atoms with van der Waals surface area (Å²) in [5.41, 5.74) is 1.23. The second-order valence-electron chi connectivity index (χ2n) is 8.29. The SMILES string of the molecule is CN(c1c(C#N)cnc2c1ccn2S(=O)(=O)c1ccccc1)[C@H]1CC[C@H](CS(=O)(=O)Cl)CC1. The Labute approximate surface area is 197 Å². The van der Waals surface area contributed by atoms with Crippen LogP contribution in [0.2, 0.25) is 0 Å². The zero-order valence-electron chi connectivity index (χ0n) is 17.9. The fourth-order valence-electron chi connectivity index (χ4n) is 4.57. The second kappa shape index (κ2) is 8.97. The monoisotopic (exact) mass is 506 g/mol. The summed E-state index contributed by atoms with van der Waals surface area (Å²) in [5, 5.41) is 10.3. The molecule has 4 rings (SSSR count). The predicted octanol–water partition coefficient (Wildman–Crippen LogP) is 3.71. The maximum atomic E-state index is 13.2. The van der Waals surface area contributed by atoms with E-state index in [4.69, 9.17) is 10.7 Å². The zero-order valence-corrected chi connectivity index (χ0v) is 20.3. The molecule has 0 amide bonds. The van der Waals surface area contributed by atoms with Crippen LogP contribution in [0.5, 0.6) is 0 Å². The van der Waals surface area contributed by atoms with E-state index in [-0.39, 0.29) is 28.3 Å². The first-order valence-corrected chi connectivity index (χ1v) is 14.4. The molecule has 1 aliphatic carbocycles. The summed E-state index contributed by atoms with van der Waals surface area (Å²) in [5.74, 6) is -0.0177. The Morgan fingerprint density at radius 1 is 1.12 bits per heavy atom. The van der Waals surface area contributed by atoms with Crippen LogP contribution in [0.1, 0.15) is 31.2 Å². The number of fused-ring (bicyclic) bond motifs is 1. The Morgan fingerprint density at radius 3 is 2.39 bits per heavy atom. The van der Waals surface area contributed by atoms with Gasteiger partial charge in [0.1, 0.15) is 6.07 Å². The quantitative estimate of drug-likeness (QED) is 0.468. The molecule has 8 nitrogen and oxygen atoms in total. The lowest BCUT2D eigenvalue weighted by atomic mass is 9.86. The zero-order chi connectivity index (χ0) is 23.8. The Balaban J connectivity index is 1.69. The molecule has 1 fully saturated rings. The fraction of sp³-hybridized carbons (Fsp3) is 0.364. The summed E-state index contributed by atoms with van der Waals surface area (Å²) in [4.78, 5) is 6.44. The van der Waals surface area contributed by atoms with Gasteiger partial charge in [-0.05, 0) is 49.8 Å². The third kappa shape index (κ3) is 4.71. The molecule has 0 saturated heterocycles. The Kier molecular flexibility index (Phi) is 6.40. The van der Waals surface area contributed by atoms with Crippen LogP contribution in [0.25, 0.3) is 11.0 Å². The summed E-state index contributed by atoms with van der Waals surface area (Å²) in [7, 11) is -0.0962. The number of anilines is 1. The highest BCUT2D eigenvalue weighted by atomic mass is 35.7. The lowest BCUT2D eigenvalue weighted by Crippen LogP contribution is -2.36. The molecular formula is C22H23ClN4O4S2. The van der Waals surface area contributed by atoms with Crippen molar-refractivity contribution in [3.63, 3.8) is 0 Å². The summed E-state index contributed by atoms with van der Waals surface area (Å²) < 4.78 is 50.3. The van der Waals surface area contributed by atoms with E-state index >= 15 is 0 Å². The van der Waals surface area contributed by atoms with E-state index in [2.05, 4.69) is 11.1 Å². The molecule has 2 aromatic heterocycles. The molecule has 3 aromatic rings. The van der Waals surface area contributed by atoms with Crippen LogP contribution in [-0.4, -0.2) is 44.6 Å². The highest BCUT2D eigenvalue weighted by Gasteiger charge is 2.30. The first-order valence-electron chi connectivity index (χ1n) is 10.5. The standard InChI is InChI=1S/C22H23ClN4O4S2/c1-26(18-9-7-16(8-10-18)15-32(23,28)29)21-17(13-24)14-25-22-20(21)11-12-27(22)33(30,31)19-5-3-2-4-6-19/h2-6,11-12,14,16,18H,7-10,15H2,1H3/t16-,18-. The molecule has 0 bridgehead atoms. The molecule has 0 atom stereocenters. The smallest absolute Gasteiger partial charge is 0.269 e. The van der Waals surface area contributed by atoms with E-state index in [9.17, 15) is 22.1 Å². The maximum Gasteiger partial charge on any atom is 0.269 e. The molecule has 1 aliphatic rings. The first-order chi connectivity index (χ1) is 15.6. The molecule has 174 valence electrons. The van der Waals surface area contributed by atoms with Gasteiger partial charge in [-0.3, -0.25) is 0 Å². The highest BCUT2D eigenvalue weighted by molar-refractivity contribution is 8.13. The minimum absolute atomic E-state index is 0.0159. The van der Waals surface area contributed by atoms with Crippen LogP contribution >= 0.6 is 10.7 Å². The number of halogens is 1. The molecular weight excluding hydrogens is 484 g/mol. The maximum absolute atomic E-state index is 13.2. The largest absolute Gasteiger partial charge is 0.370 e. The third-order valence-electron chi connectivity index (χ3n) is 6.22. The molecule has 0 unspecified atom stereocenters. The van der Waals surface area contributed by atoms with Crippen molar-refractivity contribution in [1.29, 1.82) is 5.26 Å². The summed E-state index contributed by atoms with van der Waals surface area (Å²) in [6.07, 6.45) is 5.76. The number of aromatic nitrogens is 2. The van der Waals surface area contributed by atoms with E-state index in [0.717, 1.165) is 16.8 Å². The normalized spacial score (nSPS) is 19.3. The van der Waals surface area contributed by atoms with Gasteiger partial charge < -0.3 is 4.90 Å². The molecule has 2 heterocycles. The minimum atomic E-state index is -3.85. The third-order valence-corrected chi connectivity index (χ3v) is 9.15. The number of hydrogen-bond acceptors (Lipinski definition) is 7. The molecule has 1 saturated carbocycles. The number of nitriles is 1. The van der Waals surface area contributed by atoms with Gasteiger partial charge in [-0.2, -0.15) is 5.26 Å². The van der Waals surface area contributed by atoms with E-state index in [1.54, 1.807) is 24.3 Å². The van der Waals surface area contributed by atoms with E-state index < -0.39 is 19.1 Å². The van der Waals surface area contributed by atoms with Crippen molar-refractivity contribution in [2.24, 2.45) is 5.92 Å². The lowest BCUT2D eigenvalue weighted by Gasteiger charge is -2.36. The van der Waals surface area contributed by atoms with Gasteiger partial charge in [-0.25, -0.2) is 25.8 Å². The van der Waals surface area contributed by atoms with Gasteiger partial charge in [0.2, 0.25) is 9.05 Å². The van der Waals surface area contributed by atoms with Gasteiger partial charge in [0.05, 0.1) is 21.9 Å². The van der Waals surface area contributed by atoms with Gasteiger partial charge in [0.25, 0.3) is 10.0 Å². The van der Waals surface area contributed by atoms with Crippen molar-refractivity contribution in [2.45, 2.75) is 36.6 Å².